The molecule has 0 heterocycles. The maximum absolute atomic E-state index is 13.4. The molecule has 3 atom stereocenters. The molecule has 2 aromatic rings. The molecule has 154 valence electrons. The number of carbonyl (C=O) groups excluding carboxylic acids is 1. The number of benzene rings is 2. The summed E-state index contributed by atoms with van der Waals surface area (Å²) in [4.78, 5) is 13.0. The predicted molar refractivity (Wildman–Crippen MR) is 115 cm³/mol. The van der Waals surface area contributed by atoms with Gasteiger partial charge in [-0.05, 0) is 62.3 Å². The van der Waals surface area contributed by atoms with Crippen molar-refractivity contribution in [3.05, 3.63) is 59.1 Å². The lowest BCUT2D eigenvalue weighted by Gasteiger charge is -2.27. The van der Waals surface area contributed by atoms with Gasteiger partial charge in [-0.2, -0.15) is 0 Å². The van der Waals surface area contributed by atoms with Crippen molar-refractivity contribution < 1.29 is 13.2 Å². The highest BCUT2D eigenvalue weighted by Crippen LogP contribution is 2.44. The Morgan fingerprint density at radius 2 is 1.83 bits per heavy atom. The number of aryl methyl sites for hydroxylation is 1. The fourth-order valence-electron chi connectivity index (χ4n) is 4.60. The summed E-state index contributed by atoms with van der Waals surface area (Å²) in [6.45, 7) is 1.60. The van der Waals surface area contributed by atoms with Gasteiger partial charge in [0, 0.05) is 6.04 Å². The average molecular weight is 433 g/mol. The zero-order valence-corrected chi connectivity index (χ0v) is 17.9. The first-order chi connectivity index (χ1) is 13.8. The van der Waals surface area contributed by atoms with Crippen molar-refractivity contribution in [3.63, 3.8) is 0 Å². The molecule has 29 heavy (non-hydrogen) atoms. The van der Waals surface area contributed by atoms with Gasteiger partial charge in [0.05, 0.1) is 15.6 Å². The highest BCUT2D eigenvalue weighted by molar-refractivity contribution is 7.92. The van der Waals surface area contributed by atoms with Gasteiger partial charge in [-0.3, -0.25) is 9.10 Å². The second-order valence-electron chi connectivity index (χ2n) is 8.13. The van der Waals surface area contributed by atoms with Crippen LogP contribution in [0.15, 0.2) is 53.4 Å². The summed E-state index contributed by atoms with van der Waals surface area (Å²) in [7, 11) is -3.94. The average Bonchev–Trinajstić information content (AvgIpc) is 3.30. The number of anilines is 1. The molecule has 2 aromatic carbocycles. The molecule has 2 saturated carbocycles. The molecule has 1 amide bonds. The monoisotopic (exact) mass is 432 g/mol. The number of fused-ring (bicyclic) bond motifs is 2. The second kappa shape index (κ2) is 8.00. The van der Waals surface area contributed by atoms with E-state index in [-0.39, 0.29) is 28.4 Å². The van der Waals surface area contributed by atoms with E-state index in [1.54, 1.807) is 48.5 Å². The Kier molecular flexibility index (Phi) is 5.58. The summed E-state index contributed by atoms with van der Waals surface area (Å²) in [5, 5.41) is 3.36. The Balaban J connectivity index is 1.61. The summed E-state index contributed by atoms with van der Waals surface area (Å²) < 4.78 is 27.9. The van der Waals surface area contributed by atoms with Crippen LogP contribution in [0.5, 0.6) is 0 Å². The van der Waals surface area contributed by atoms with Crippen LogP contribution in [0, 0.1) is 18.8 Å². The quantitative estimate of drug-likeness (QED) is 0.745. The van der Waals surface area contributed by atoms with Crippen LogP contribution in [0.2, 0.25) is 5.02 Å². The topological polar surface area (TPSA) is 66.5 Å². The lowest BCUT2D eigenvalue weighted by atomic mass is 9.95. The van der Waals surface area contributed by atoms with Crippen LogP contribution in [0.4, 0.5) is 5.69 Å². The molecule has 2 fully saturated rings. The fourth-order valence-corrected chi connectivity index (χ4v) is 6.32. The van der Waals surface area contributed by atoms with Gasteiger partial charge in [-0.1, -0.05) is 47.9 Å². The molecule has 1 N–H and O–H groups in total. The van der Waals surface area contributed by atoms with Crippen molar-refractivity contribution in [2.24, 2.45) is 11.8 Å². The molecular weight excluding hydrogens is 408 g/mol. The SMILES string of the molecule is Cc1ccc(S(=O)(=O)N(CC(=O)NC2CC3CCC2C3)c2ccccc2Cl)cc1. The summed E-state index contributed by atoms with van der Waals surface area (Å²) >= 11 is 6.31. The number of nitrogens with zero attached hydrogens (tertiary/aromatic N) is 1. The van der Waals surface area contributed by atoms with Crippen molar-refractivity contribution in [1.82, 2.24) is 5.32 Å². The van der Waals surface area contributed by atoms with Gasteiger partial charge in [0.1, 0.15) is 6.54 Å². The smallest absolute Gasteiger partial charge is 0.264 e. The van der Waals surface area contributed by atoms with Crippen LogP contribution in [-0.2, 0) is 14.8 Å². The van der Waals surface area contributed by atoms with Crippen molar-refractivity contribution in [2.75, 3.05) is 10.8 Å². The number of para-hydroxylation sites is 1. The van der Waals surface area contributed by atoms with E-state index in [4.69, 9.17) is 11.6 Å². The Morgan fingerprint density at radius 3 is 2.45 bits per heavy atom. The molecule has 3 unspecified atom stereocenters. The highest BCUT2D eigenvalue weighted by Gasteiger charge is 2.40. The lowest BCUT2D eigenvalue weighted by Crippen LogP contribution is -2.46. The standard InChI is InChI=1S/C22H25ClN2O3S/c1-15-6-10-18(11-7-15)29(27,28)25(21-5-3-2-4-19(21)23)14-22(26)24-20-13-16-8-9-17(20)12-16/h2-7,10-11,16-17,20H,8-9,12-14H2,1H3,(H,24,26). The van der Waals surface area contributed by atoms with Crippen LogP contribution in [0.25, 0.3) is 0 Å². The van der Waals surface area contributed by atoms with E-state index in [0.29, 0.717) is 17.5 Å². The first kappa shape index (κ1) is 20.2. The molecule has 0 saturated heterocycles. The van der Waals surface area contributed by atoms with Gasteiger partial charge < -0.3 is 5.32 Å². The third-order valence-corrected chi connectivity index (χ3v) is 8.20. The van der Waals surface area contributed by atoms with Gasteiger partial charge in [0.2, 0.25) is 5.91 Å². The third kappa shape index (κ3) is 4.14. The molecule has 2 aliphatic rings. The van der Waals surface area contributed by atoms with E-state index in [1.165, 1.54) is 12.8 Å². The Bertz CT molecular complexity index is 1010. The first-order valence-electron chi connectivity index (χ1n) is 9.98. The number of halogens is 1. The zero-order valence-electron chi connectivity index (χ0n) is 16.3. The molecule has 4 rings (SSSR count). The number of hydrogen-bond acceptors (Lipinski definition) is 3. The lowest BCUT2D eigenvalue weighted by molar-refractivity contribution is -0.120. The van der Waals surface area contributed by atoms with Crippen molar-refractivity contribution in [2.45, 2.75) is 43.5 Å². The minimum absolute atomic E-state index is 0.135. The molecule has 0 aromatic heterocycles. The van der Waals surface area contributed by atoms with Crippen molar-refractivity contribution >= 4 is 33.2 Å². The highest BCUT2D eigenvalue weighted by atomic mass is 35.5. The fraction of sp³-hybridized carbons (Fsp3) is 0.409. The minimum Gasteiger partial charge on any atom is -0.352 e. The maximum Gasteiger partial charge on any atom is 0.264 e. The number of amides is 1. The molecule has 7 heteroatoms. The summed E-state index contributed by atoms with van der Waals surface area (Å²) in [5.41, 5.74) is 1.26. The molecule has 0 spiro atoms. The normalized spacial score (nSPS) is 23.2. The van der Waals surface area contributed by atoms with E-state index >= 15 is 0 Å². The van der Waals surface area contributed by atoms with Crippen LogP contribution < -0.4 is 9.62 Å². The Hall–Kier alpha value is -2.05. The molecule has 5 nitrogen and oxygen atoms in total. The molecule has 2 bridgehead atoms. The van der Waals surface area contributed by atoms with Crippen LogP contribution >= 0.6 is 11.6 Å². The van der Waals surface area contributed by atoms with Gasteiger partial charge in [-0.15, -0.1) is 0 Å². The van der Waals surface area contributed by atoms with E-state index in [1.807, 2.05) is 6.92 Å². The molecule has 0 aliphatic heterocycles. The van der Waals surface area contributed by atoms with Crippen molar-refractivity contribution in [3.8, 4) is 0 Å². The number of hydrogen-bond donors (Lipinski definition) is 1. The van der Waals surface area contributed by atoms with Crippen LogP contribution in [-0.4, -0.2) is 26.9 Å². The first-order valence-corrected chi connectivity index (χ1v) is 11.8. The number of carbonyl (C=O) groups is 1. The van der Waals surface area contributed by atoms with Crippen LogP contribution in [0.1, 0.15) is 31.2 Å². The van der Waals surface area contributed by atoms with E-state index in [2.05, 4.69) is 5.32 Å². The van der Waals surface area contributed by atoms with Gasteiger partial charge in [0.15, 0.2) is 0 Å². The summed E-state index contributed by atoms with van der Waals surface area (Å²) in [6.07, 6.45) is 4.55. The minimum atomic E-state index is -3.94. The van der Waals surface area contributed by atoms with E-state index < -0.39 is 10.0 Å². The maximum atomic E-state index is 13.4. The molecule has 2 aliphatic carbocycles. The largest absolute Gasteiger partial charge is 0.352 e. The summed E-state index contributed by atoms with van der Waals surface area (Å²) in [6, 6.07) is 13.5. The second-order valence-corrected chi connectivity index (χ2v) is 10.4. The number of nitrogens with one attached hydrogen (secondary N) is 1. The number of sulfonamides is 1. The van der Waals surface area contributed by atoms with Crippen LogP contribution in [0.3, 0.4) is 0 Å². The predicted octanol–water partition coefficient (Wildman–Crippen LogP) is 4.15. The Morgan fingerprint density at radius 1 is 1.10 bits per heavy atom. The van der Waals surface area contributed by atoms with Gasteiger partial charge in [0.25, 0.3) is 10.0 Å². The summed E-state index contributed by atoms with van der Waals surface area (Å²) in [5.74, 6) is 0.922. The Labute approximate surface area is 177 Å². The molecular formula is C22H25ClN2O3S. The van der Waals surface area contributed by atoms with E-state index in [9.17, 15) is 13.2 Å². The van der Waals surface area contributed by atoms with E-state index in [0.717, 1.165) is 22.7 Å². The number of rotatable bonds is 6. The van der Waals surface area contributed by atoms with Gasteiger partial charge in [-0.25, -0.2) is 8.42 Å². The van der Waals surface area contributed by atoms with Gasteiger partial charge >= 0.3 is 0 Å². The van der Waals surface area contributed by atoms with Crippen molar-refractivity contribution in [1.29, 1.82) is 0 Å². The molecule has 0 radical (unpaired) electrons. The third-order valence-electron chi connectivity index (χ3n) is 6.10. The zero-order chi connectivity index (χ0) is 20.6.